The fourth-order valence-electron chi connectivity index (χ4n) is 2.38. The summed E-state index contributed by atoms with van der Waals surface area (Å²) in [4.78, 5) is 12.5. The highest BCUT2D eigenvalue weighted by Crippen LogP contribution is 2.39. The van der Waals surface area contributed by atoms with Crippen LogP contribution in [0.3, 0.4) is 0 Å². The molecule has 4 rings (SSSR count). The Morgan fingerprint density at radius 3 is 2.86 bits per heavy atom. The van der Waals surface area contributed by atoms with E-state index in [1.54, 1.807) is 30.5 Å². The fraction of sp³-hybridized carbons (Fsp3) is 0.0625. The van der Waals surface area contributed by atoms with Crippen LogP contribution < -0.4 is 4.74 Å². The van der Waals surface area contributed by atoms with E-state index in [2.05, 4.69) is 15.0 Å². The van der Waals surface area contributed by atoms with Crippen molar-refractivity contribution in [1.82, 2.24) is 15.0 Å². The highest BCUT2D eigenvalue weighted by atomic mass is 19.1. The molecular formula is C16H10FN3O2. The molecule has 0 amide bonds. The van der Waals surface area contributed by atoms with E-state index in [9.17, 15) is 9.50 Å². The van der Waals surface area contributed by atoms with Crippen LogP contribution in [0, 0.1) is 5.82 Å². The van der Waals surface area contributed by atoms with Crippen molar-refractivity contribution < 1.29 is 14.2 Å². The third-order valence-electron chi connectivity index (χ3n) is 3.44. The molecule has 3 heterocycles. The monoisotopic (exact) mass is 295 g/mol. The molecule has 1 aromatic carbocycles. The number of benzene rings is 1. The van der Waals surface area contributed by atoms with Crippen molar-refractivity contribution in [2.45, 2.75) is 6.42 Å². The Morgan fingerprint density at radius 1 is 1.14 bits per heavy atom. The van der Waals surface area contributed by atoms with Gasteiger partial charge in [0.2, 0.25) is 11.8 Å². The van der Waals surface area contributed by atoms with Crippen LogP contribution in [0.4, 0.5) is 4.39 Å². The summed E-state index contributed by atoms with van der Waals surface area (Å²) in [6, 6.07) is 9.58. The van der Waals surface area contributed by atoms with Crippen LogP contribution in [0.5, 0.6) is 17.5 Å². The molecular weight excluding hydrogens is 285 g/mol. The second kappa shape index (κ2) is 4.77. The van der Waals surface area contributed by atoms with Crippen LogP contribution in [-0.2, 0) is 6.42 Å². The van der Waals surface area contributed by atoms with Crippen LogP contribution in [-0.4, -0.2) is 20.1 Å². The number of rotatable bonds is 1. The average Bonchev–Trinajstić information content (AvgIpc) is 2.54. The smallest absolute Gasteiger partial charge is 0.230 e. The third-order valence-corrected chi connectivity index (χ3v) is 3.44. The molecule has 3 aromatic rings. The summed E-state index contributed by atoms with van der Waals surface area (Å²) in [5, 5.41) is 10.1. The van der Waals surface area contributed by atoms with E-state index in [0.717, 1.165) is 0 Å². The molecule has 1 aliphatic heterocycles. The molecule has 2 aromatic heterocycles. The van der Waals surface area contributed by atoms with Gasteiger partial charge in [0.25, 0.3) is 0 Å². The molecule has 5 nitrogen and oxygen atoms in total. The zero-order valence-electron chi connectivity index (χ0n) is 11.3. The first kappa shape index (κ1) is 12.7. The molecule has 6 heteroatoms. The van der Waals surface area contributed by atoms with E-state index in [1.807, 2.05) is 0 Å². The van der Waals surface area contributed by atoms with Crippen LogP contribution in [0.1, 0.15) is 11.1 Å². The topological polar surface area (TPSA) is 68.1 Å². The van der Waals surface area contributed by atoms with Crippen molar-refractivity contribution in [3.8, 4) is 29.0 Å². The minimum Gasteiger partial charge on any atom is -0.493 e. The lowest BCUT2D eigenvalue weighted by Crippen LogP contribution is -2.08. The zero-order valence-corrected chi connectivity index (χ0v) is 11.3. The van der Waals surface area contributed by atoms with Gasteiger partial charge in [-0.1, -0.05) is 6.07 Å². The van der Waals surface area contributed by atoms with Gasteiger partial charge in [0.1, 0.15) is 17.3 Å². The molecule has 1 N–H and O–H groups in total. The highest BCUT2D eigenvalue weighted by Gasteiger charge is 2.24. The molecule has 0 aliphatic carbocycles. The van der Waals surface area contributed by atoms with Crippen LogP contribution in [0.2, 0.25) is 0 Å². The maximum atomic E-state index is 13.3. The second-order valence-electron chi connectivity index (χ2n) is 4.90. The van der Waals surface area contributed by atoms with Gasteiger partial charge in [-0.25, -0.2) is 4.39 Å². The SMILES string of the molecule is Oc1nc(-c2ccccn2)nc2c1Cc1cc(F)ccc1O2. The Labute approximate surface area is 125 Å². The molecule has 22 heavy (non-hydrogen) atoms. The third kappa shape index (κ3) is 2.05. The van der Waals surface area contributed by atoms with E-state index in [4.69, 9.17) is 4.74 Å². The Kier molecular flexibility index (Phi) is 2.75. The largest absolute Gasteiger partial charge is 0.493 e. The van der Waals surface area contributed by atoms with Crippen LogP contribution in [0.25, 0.3) is 11.5 Å². The maximum absolute atomic E-state index is 13.3. The lowest BCUT2D eigenvalue weighted by molar-refractivity contribution is 0.405. The molecule has 0 atom stereocenters. The Balaban J connectivity index is 1.81. The Morgan fingerprint density at radius 2 is 2.05 bits per heavy atom. The minimum absolute atomic E-state index is 0.180. The number of nitrogens with zero attached hydrogens (tertiary/aromatic N) is 3. The summed E-state index contributed by atoms with van der Waals surface area (Å²) in [7, 11) is 0. The van der Waals surface area contributed by atoms with Gasteiger partial charge in [-0.15, -0.1) is 0 Å². The number of hydrogen-bond acceptors (Lipinski definition) is 5. The van der Waals surface area contributed by atoms with E-state index in [-0.39, 0.29) is 23.4 Å². The average molecular weight is 295 g/mol. The predicted molar refractivity (Wildman–Crippen MR) is 76.2 cm³/mol. The normalized spacial score (nSPS) is 12.2. The highest BCUT2D eigenvalue weighted by molar-refractivity contribution is 5.56. The van der Waals surface area contributed by atoms with Gasteiger partial charge < -0.3 is 9.84 Å². The number of pyridine rings is 1. The lowest BCUT2D eigenvalue weighted by Gasteiger charge is -2.20. The van der Waals surface area contributed by atoms with Gasteiger partial charge in [0, 0.05) is 18.2 Å². The molecule has 1 aliphatic rings. The Bertz CT molecular complexity index is 869. The number of aromatic nitrogens is 3. The van der Waals surface area contributed by atoms with E-state index >= 15 is 0 Å². The van der Waals surface area contributed by atoms with Crippen molar-refractivity contribution in [2.75, 3.05) is 0 Å². The summed E-state index contributed by atoms with van der Waals surface area (Å²) in [6.45, 7) is 0. The predicted octanol–water partition coefficient (Wildman–Crippen LogP) is 3.08. The van der Waals surface area contributed by atoms with Crippen molar-refractivity contribution in [2.24, 2.45) is 0 Å². The van der Waals surface area contributed by atoms with Gasteiger partial charge in [-0.2, -0.15) is 9.97 Å². The van der Waals surface area contributed by atoms with Crippen molar-refractivity contribution in [1.29, 1.82) is 0 Å². The van der Waals surface area contributed by atoms with Gasteiger partial charge in [-0.05, 0) is 30.3 Å². The molecule has 108 valence electrons. The van der Waals surface area contributed by atoms with E-state index < -0.39 is 0 Å². The second-order valence-corrected chi connectivity index (χ2v) is 4.90. The molecule has 0 saturated carbocycles. The van der Waals surface area contributed by atoms with Crippen molar-refractivity contribution in [3.05, 3.63) is 59.5 Å². The van der Waals surface area contributed by atoms with E-state index in [0.29, 0.717) is 29.0 Å². The fourth-order valence-corrected chi connectivity index (χ4v) is 2.38. The molecule has 0 radical (unpaired) electrons. The van der Waals surface area contributed by atoms with Crippen molar-refractivity contribution in [3.63, 3.8) is 0 Å². The number of halogens is 1. The molecule has 0 fully saturated rings. The lowest BCUT2D eigenvalue weighted by atomic mass is 10.0. The van der Waals surface area contributed by atoms with Crippen LogP contribution in [0.15, 0.2) is 42.6 Å². The quantitative estimate of drug-likeness (QED) is 0.584. The number of ether oxygens (including phenoxy) is 1. The zero-order chi connectivity index (χ0) is 15.1. The number of hydrogen-bond donors (Lipinski definition) is 1. The minimum atomic E-state index is -0.351. The first-order valence-corrected chi connectivity index (χ1v) is 6.68. The van der Waals surface area contributed by atoms with Gasteiger partial charge in [0.05, 0.1) is 5.56 Å². The molecule has 0 bridgehead atoms. The van der Waals surface area contributed by atoms with Crippen LogP contribution >= 0.6 is 0 Å². The molecule has 0 unspecified atom stereocenters. The standard InChI is InChI=1S/C16H10FN3O2/c17-10-4-5-13-9(7-10)8-11-15(21)19-14(20-16(11)22-13)12-3-1-2-6-18-12/h1-7H,8H2,(H,19,20,21). The van der Waals surface area contributed by atoms with Crippen molar-refractivity contribution >= 4 is 0 Å². The van der Waals surface area contributed by atoms with Gasteiger partial charge in [0.15, 0.2) is 5.82 Å². The summed E-state index contributed by atoms with van der Waals surface area (Å²) < 4.78 is 19.0. The number of aromatic hydroxyl groups is 1. The summed E-state index contributed by atoms with van der Waals surface area (Å²) in [6.07, 6.45) is 1.94. The summed E-state index contributed by atoms with van der Waals surface area (Å²) >= 11 is 0. The first-order valence-electron chi connectivity index (χ1n) is 6.68. The molecule has 0 saturated heterocycles. The number of fused-ring (bicyclic) bond motifs is 2. The van der Waals surface area contributed by atoms with Gasteiger partial charge in [-0.3, -0.25) is 4.98 Å². The maximum Gasteiger partial charge on any atom is 0.230 e. The summed E-state index contributed by atoms with van der Waals surface area (Å²) in [5.74, 6) is 0.547. The summed E-state index contributed by atoms with van der Waals surface area (Å²) in [5.41, 5.74) is 1.63. The molecule has 0 spiro atoms. The van der Waals surface area contributed by atoms with Gasteiger partial charge >= 0.3 is 0 Å². The van der Waals surface area contributed by atoms with E-state index in [1.165, 1.54) is 12.1 Å². The first-order chi connectivity index (χ1) is 10.7. The Hall–Kier alpha value is -3.02.